The van der Waals surface area contributed by atoms with Crippen LogP contribution in [0.3, 0.4) is 0 Å². The van der Waals surface area contributed by atoms with E-state index in [2.05, 4.69) is 5.32 Å². The Kier molecular flexibility index (Phi) is 8.36. The number of benzene rings is 2. The summed E-state index contributed by atoms with van der Waals surface area (Å²) >= 11 is 0. The van der Waals surface area contributed by atoms with E-state index in [1.165, 1.54) is 24.3 Å². The Hall–Kier alpha value is -2.46. The van der Waals surface area contributed by atoms with E-state index in [-0.39, 0.29) is 10.8 Å². The summed E-state index contributed by atoms with van der Waals surface area (Å²) in [5.41, 5.74) is 11.5. The Bertz CT molecular complexity index is 917. The number of nitrogens with one attached hydrogen (secondary N) is 1. The predicted molar refractivity (Wildman–Crippen MR) is 115 cm³/mol. The molecule has 0 saturated carbocycles. The van der Waals surface area contributed by atoms with E-state index in [4.69, 9.17) is 16.2 Å². The monoisotopic (exact) mass is 435 g/mol. The molecule has 2 aromatic carbocycles. The molecule has 0 aliphatic carbocycles. The molecule has 0 spiro atoms. The molecule has 0 fully saturated rings. The molecule has 0 radical (unpaired) electrons. The van der Waals surface area contributed by atoms with Crippen molar-refractivity contribution in [3.63, 3.8) is 0 Å². The first-order valence-electron chi connectivity index (χ1n) is 9.64. The number of carbonyl (C=O) groups excluding carboxylic acids is 1. The molecule has 2 rings (SSSR count). The van der Waals surface area contributed by atoms with E-state index in [1.807, 2.05) is 32.0 Å². The summed E-state index contributed by atoms with van der Waals surface area (Å²) in [4.78, 5) is 12.0. The number of aliphatic hydroxyl groups is 1. The summed E-state index contributed by atoms with van der Waals surface area (Å²) in [5.74, 6) is 0.133. The van der Waals surface area contributed by atoms with Crippen molar-refractivity contribution in [2.24, 2.45) is 17.4 Å². The Balaban J connectivity index is 1.97. The van der Waals surface area contributed by atoms with Crippen LogP contribution in [-0.2, 0) is 14.6 Å². The lowest BCUT2D eigenvalue weighted by Gasteiger charge is -2.22. The van der Waals surface area contributed by atoms with Crippen molar-refractivity contribution in [1.29, 1.82) is 0 Å². The molecular weight excluding hydrogens is 406 g/mol. The fraction of sp³-hybridized carbons (Fsp3) is 0.381. The van der Waals surface area contributed by atoms with Crippen LogP contribution in [0.1, 0.15) is 20.3 Å². The van der Waals surface area contributed by atoms with Crippen molar-refractivity contribution < 1.29 is 23.1 Å². The molecule has 3 atom stereocenters. The first-order valence-corrected chi connectivity index (χ1v) is 11.3. The van der Waals surface area contributed by atoms with Gasteiger partial charge in [0.1, 0.15) is 23.8 Å². The van der Waals surface area contributed by atoms with E-state index in [0.29, 0.717) is 17.9 Å². The molecule has 2 unspecified atom stereocenters. The SMILES string of the molecule is CC(C)C[C@H](N)C(=O)NC(N)C(O)CS(=O)(=O)c1ccc(Oc2ccccc2)cc1. The van der Waals surface area contributed by atoms with Crippen LogP contribution in [0.25, 0.3) is 0 Å². The zero-order valence-corrected chi connectivity index (χ0v) is 17.9. The molecular formula is C21H29N3O5S. The van der Waals surface area contributed by atoms with Gasteiger partial charge in [-0.15, -0.1) is 0 Å². The number of ether oxygens (including phenoxy) is 1. The van der Waals surface area contributed by atoms with E-state index < -0.39 is 39.8 Å². The second kappa shape index (κ2) is 10.5. The molecule has 0 heterocycles. The first-order chi connectivity index (χ1) is 14.1. The van der Waals surface area contributed by atoms with Crippen molar-refractivity contribution in [2.75, 3.05) is 5.75 Å². The Morgan fingerprint density at radius 3 is 2.17 bits per heavy atom. The van der Waals surface area contributed by atoms with Crippen molar-refractivity contribution in [1.82, 2.24) is 5.32 Å². The van der Waals surface area contributed by atoms with Crippen molar-refractivity contribution in [2.45, 2.75) is 43.5 Å². The molecule has 30 heavy (non-hydrogen) atoms. The molecule has 2 aromatic rings. The molecule has 8 nitrogen and oxygen atoms in total. The lowest BCUT2D eigenvalue weighted by atomic mass is 10.0. The number of aliphatic hydroxyl groups excluding tert-OH is 1. The molecule has 0 aromatic heterocycles. The second-order valence-electron chi connectivity index (χ2n) is 7.51. The Morgan fingerprint density at radius 1 is 1.03 bits per heavy atom. The van der Waals surface area contributed by atoms with Gasteiger partial charge in [0.15, 0.2) is 9.84 Å². The number of hydrogen-bond donors (Lipinski definition) is 4. The van der Waals surface area contributed by atoms with Crippen molar-refractivity contribution in [3.8, 4) is 11.5 Å². The van der Waals surface area contributed by atoms with Crippen LogP contribution in [0.15, 0.2) is 59.5 Å². The van der Waals surface area contributed by atoms with Gasteiger partial charge >= 0.3 is 0 Å². The van der Waals surface area contributed by atoms with Crippen LogP contribution in [0.2, 0.25) is 0 Å². The number of carbonyl (C=O) groups is 1. The molecule has 6 N–H and O–H groups in total. The van der Waals surface area contributed by atoms with Gasteiger partial charge in [-0.25, -0.2) is 8.42 Å². The maximum Gasteiger partial charge on any atom is 0.238 e. The van der Waals surface area contributed by atoms with Crippen LogP contribution < -0.4 is 21.5 Å². The van der Waals surface area contributed by atoms with Crippen molar-refractivity contribution in [3.05, 3.63) is 54.6 Å². The van der Waals surface area contributed by atoms with Crippen LogP contribution in [0.5, 0.6) is 11.5 Å². The predicted octanol–water partition coefficient (Wildman–Crippen LogP) is 1.39. The number of nitrogens with two attached hydrogens (primary N) is 2. The van der Waals surface area contributed by atoms with Crippen molar-refractivity contribution >= 4 is 15.7 Å². The molecule has 0 aliphatic rings. The second-order valence-corrected chi connectivity index (χ2v) is 9.54. The fourth-order valence-electron chi connectivity index (χ4n) is 2.75. The van der Waals surface area contributed by atoms with Gasteiger partial charge in [0.2, 0.25) is 5.91 Å². The van der Waals surface area contributed by atoms with E-state index >= 15 is 0 Å². The molecule has 0 aliphatic heterocycles. The molecule has 0 bridgehead atoms. The minimum atomic E-state index is -3.84. The average molecular weight is 436 g/mol. The van der Waals surface area contributed by atoms with E-state index in [0.717, 1.165) is 0 Å². The van der Waals surface area contributed by atoms with Gasteiger partial charge in [-0.2, -0.15) is 0 Å². The van der Waals surface area contributed by atoms with Gasteiger partial charge in [0.25, 0.3) is 0 Å². The third-order valence-corrected chi connectivity index (χ3v) is 6.11. The van der Waals surface area contributed by atoms with Gasteiger partial charge < -0.3 is 26.6 Å². The maximum absolute atomic E-state index is 12.6. The summed E-state index contributed by atoms with van der Waals surface area (Å²) in [7, 11) is -3.84. The van der Waals surface area contributed by atoms with Gasteiger partial charge in [0, 0.05) is 0 Å². The van der Waals surface area contributed by atoms with E-state index in [9.17, 15) is 18.3 Å². The normalized spacial score (nSPS) is 14.7. The summed E-state index contributed by atoms with van der Waals surface area (Å²) in [5, 5.41) is 12.6. The molecule has 9 heteroatoms. The highest BCUT2D eigenvalue weighted by Gasteiger charge is 2.27. The Labute approximate surface area is 177 Å². The fourth-order valence-corrected chi connectivity index (χ4v) is 4.15. The lowest BCUT2D eigenvalue weighted by Crippen LogP contribution is -2.55. The number of hydrogen-bond acceptors (Lipinski definition) is 7. The summed E-state index contributed by atoms with van der Waals surface area (Å²) < 4.78 is 30.8. The highest BCUT2D eigenvalue weighted by atomic mass is 32.2. The molecule has 164 valence electrons. The smallest absolute Gasteiger partial charge is 0.238 e. The van der Waals surface area contributed by atoms with Crippen LogP contribution in [0, 0.1) is 5.92 Å². The third-order valence-electron chi connectivity index (χ3n) is 4.34. The van der Waals surface area contributed by atoms with Crippen LogP contribution in [0.4, 0.5) is 0 Å². The number of para-hydroxylation sites is 1. The summed E-state index contributed by atoms with van der Waals surface area (Å²) in [6.45, 7) is 3.84. The average Bonchev–Trinajstić information content (AvgIpc) is 2.68. The molecule has 0 saturated heterocycles. The lowest BCUT2D eigenvalue weighted by molar-refractivity contribution is -0.124. The summed E-state index contributed by atoms with van der Waals surface area (Å²) in [6.07, 6.45) is -2.30. The van der Waals surface area contributed by atoms with Gasteiger partial charge in [-0.05, 0) is 48.7 Å². The highest BCUT2D eigenvalue weighted by molar-refractivity contribution is 7.91. The minimum absolute atomic E-state index is 0.0111. The van der Waals surface area contributed by atoms with Gasteiger partial charge in [-0.3, -0.25) is 4.79 Å². The highest BCUT2D eigenvalue weighted by Crippen LogP contribution is 2.23. The standard InChI is InChI=1S/C21H29N3O5S/c1-14(2)12-18(22)21(26)24-20(23)19(25)13-30(27,28)17-10-8-16(9-11-17)29-15-6-4-3-5-7-15/h3-11,14,18-20,25H,12-13,22-23H2,1-2H3,(H,24,26)/t18-,19?,20?/m0/s1. The van der Waals surface area contributed by atoms with E-state index in [1.54, 1.807) is 12.1 Å². The number of rotatable bonds is 10. The number of sulfone groups is 1. The topological polar surface area (TPSA) is 145 Å². The quantitative estimate of drug-likeness (QED) is 0.413. The minimum Gasteiger partial charge on any atom is -0.457 e. The summed E-state index contributed by atoms with van der Waals surface area (Å²) in [6, 6.07) is 14.1. The molecule has 1 amide bonds. The largest absolute Gasteiger partial charge is 0.457 e. The van der Waals surface area contributed by atoms with Crippen LogP contribution >= 0.6 is 0 Å². The Morgan fingerprint density at radius 2 is 1.60 bits per heavy atom. The number of amides is 1. The van der Waals surface area contributed by atoms with Gasteiger partial charge in [-0.1, -0.05) is 32.0 Å². The zero-order chi connectivity index (χ0) is 22.3. The van der Waals surface area contributed by atoms with Gasteiger partial charge in [0.05, 0.1) is 16.7 Å². The first kappa shape index (κ1) is 23.8. The van der Waals surface area contributed by atoms with Crippen LogP contribution in [-0.4, -0.2) is 43.5 Å². The third kappa shape index (κ3) is 7.10. The zero-order valence-electron chi connectivity index (χ0n) is 17.1. The maximum atomic E-state index is 12.6.